The van der Waals surface area contributed by atoms with Crippen molar-refractivity contribution in [2.45, 2.75) is 43.9 Å². The molecule has 0 spiro atoms. The second-order valence-corrected chi connectivity index (χ2v) is 12.7. The molecule has 0 saturated carbocycles. The number of thiophene rings is 1. The number of nitriles is 1. The highest BCUT2D eigenvalue weighted by molar-refractivity contribution is 7.23. The van der Waals surface area contributed by atoms with Crippen LogP contribution in [0.2, 0.25) is 5.02 Å². The maximum Gasteiger partial charge on any atom is 0.319 e. The number of hydrogen-bond acceptors (Lipinski definition) is 9. The molecule has 2 saturated heterocycles. The monoisotopic (exact) mass is 614 g/mol. The number of ether oxygens (including phenoxy) is 2. The Balaban J connectivity index is 1.45. The van der Waals surface area contributed by atoms with Crippen molar-refractivity contribution in [3.05, 3.63) is 34.4 Å². The summed E-state index contributed by atoms with van der Waals surface area (Å²) in [5, 5.41) is 10.3. The van der Waals surface area contributed by atoms with Gasteiger partial charge in [-0.3, -0.25) is 4.90 Å². The van der Waals surface area contributed by atoms with Gasteiger partial charge in [0.05, 0.1) is 32.3 Å². The van der Waals surface area contributed by atoms with Gasteiger partial charge in [-0.25, -0.2) is 13.2 Å². The first-order valence-electron chi connectivity index (χ1n) is 13.6. The summed E-state index contributed by atoms with van der Waals surface area (Å²) >= 11 is 7.80. The summed E-state index contributed by atoms with van der Waals surface area (Å²) in [6.45, 7) is 3.48. The Kier molecular flexibility index (Phi) is 6.34. The maximum absolute atomic E-state index is 16.8. The second kappa shape index (κ2) is 9.76. The van der Waals surface area contributed by atoms with Crippen LogP contribution in [0.5, 0.6) is 11.8 Å². The van der Waals surface area contributed by atoms with Crippen LogP contribution in [0.3, 0.4) is 0 Å². The van der Waals surface area contributed by atoms with Crippen LogP contribution < -0.4 is 20.1 Å². The molecular weight excluding hydrogens is 589 g/mol. The van der Waals surface area contributed by atoms with Crippen molar-refractivity contribution in [3.63, 3.8) is 0 Å². The van der Waals surface area contributed by atoms with Crippen molar-refractivity contribution in [1.82, 2.24) is 14.9 Å². The molecule has 3 aliphatic rings. The molecule has 4 aromatic rings. The molecule has 3 aliphatic heterocycles. The summed E-state index contributed by atoms with van der Waals surface area (Å²) in [5.74, 6) is -0.834. The number of alkyl halides is 1. The van der Waals surface area contributed by atoms with Crippen LogP contribution in [-0.4, -0.2) is 66.0 Å². The Morgan fingerprint density at radius 2 is 2.12 bits per heavy atom. The number of fused-ring (bicyclic) bond motifs is 2. The van der Waals surface area contributed by atoms with Gasteiger partial charge in [0.25, 0.3) is 0 Å². The summed E-state index contributed by atoms with van der Waals surface area (Å²) in [7, 11) is 1.81. The molecule has 0 aliphatic carbocycles. The number of benzene rings is 2. The minimum atomic E-state index is -0.929. The minimum absolute atomic E-state index is 0.0377. The van der Waals surface area contributed by atoms with Crippen molar-refractivity contribution < 1.29 is 22.6 Å². The van der Waals surface area contributed by atoms with E-state index >= 15 is 4.39 Å². The molecule has 2 aromatic carbocycles. The van der Waals surface area contributed by atoms with E-state index in [1.807, 2.05) is 24.9 Å². The van der Waals surface area contributed by atoms with Crippen molar-refractivity contribution in [1.29, 1.82) is 5.26 Å². The summed E-state index contributed by atoms with van der Waals surface area (Å²) in [5.41, 5.74) is 5.63. The van der Waals surface area contributed by atoms with E-state index in [4.69, 9.17) is 26.8 Å². The highest BCUT2D eigenvalue weighted by Crippen LogP contribution is 2.51. The minimum Gasteiger partial charge on any atom is -0.489 e. The Morgan fingerprint density at radius 3 is 2.90 bits per heavy atom. The number of anilines is 2. The normalized spacial score (nSPS) is 23.7. The van der Waals surface area contributed by atoms with Gasteiger partial charge >= 0.3 is 6.01 Å². The van der Waals surface area contributed by atoms with Crippen molar-refractivity contribution in [2.75, 3.05) is 44.0 Å². The van der Waals surface area contributed by atoms with Gasteiger partial charge in [0.2, 0.25) is 0 Å². The van der Waals surface area contributed by atoms with E-state index in [1.54, 1.807) is 0 Å². The fourth-order valence-corrected chi connectivity index (χ4v) is 7.89. The van der Waals surface area contributed by atoms with Crippen LogP contribution in [0.15, 0.2) is 12.1 Å². The SMILES string of the molecule is C[C@H]1COc2c(Cl)c(-c3ccc(F)c4sc(N)c(C#N)c34)c(F)c3nc(OC[C@@]45CCCN4C[C@H](F)C5)nc(c23)N1C. The molecule has 2 fully saturated rings. The van der Waals surface area contributed by atoms with E-state index in [2.05, 4.69) is 14.9 Å². The molecule has 5 heterocycles. The number of likely N-dealkylation sites (N-methyl/N-ethyl adjacent to an activating group) is 1. The molecule has 7 rings (SSSR count). The Bertz CT molecular complexity index is 1830. The van der Waals surface area contributed by atoms with E-state index in [0.717, 1.165) is 30.7 Å². The third-order valence-electron chi connectivity index (χ3n) is 8.84. The molecular formula is C29H26ClF3N6O2S. The molecule has 218 valence electrons. The Hall–Kier alpha value is -3.53. The zero-order chi connectivity index (χ0) is 29.5. The molecule has 13 heteroatoms. The molecule has 42 heavy (non-hydrogen) atoms. The molecule has 8 nitrogen and oxygen atoms in total. The van der Waals surface area contributed by atoms with Crippen LogP contribution in [0.4, 0.5) is 24.0 Å². The first kappa shape index (κ1) is 27.3. The van der Waals surface area contributed by atoms with Crippen molar-refractivity contribution >= 4 is 54.7 Å². The molecule has 0 radical (unpaired) electrons. The van der Waals surface area contributed by atoms with E-state index < -0.39 is 23.3 Å². The highest BCUT2D eigenvalue weighted by Gasteiger charge is 2.49. The molecule has 0 unspecified atom stereocenters. The molecule has 3 atom stereocenters. The molecule has 0 bridgehead atoms. The van der Waals surface area contributed by atoms with Gasteiger partial charge in [-0.15, -0.1) is 11.3 Å². The summed E-state index contributed by atoms with van der Waals surface area (Å²) < 4.78 is 58.3. The summed E-state index contributed by atoms with van der Waals surface area (Å²) in [6.07, 6.45) is 1.17. The number of hydrogen-bond donors (Lipinski definition) is 1. The lowest BCUT2D eigenvalue weighted by Gasteiger charge is -2.31. The predicted molar refractivity (Wildman–Crippen MR) is 156 cm³/mol. The topological polar surface area (TPSA) is 101 Å². The number of nitrogens with zero attached hydrogens (tertiary/aromatic N) is 5. The fraction of sp³-hybridized carbons (Fsp3) is 0.414. The standard InChI is InChI=1S/C29H26ClF3N6O2S/c1-13-11-40-24-20-23(22(33)19(21(24)30)15-4-5-17(32)25-18(15)16(9-34)26(35)42-25)36-28(37-27(20)38(13)2)41-12-29-6-3-7-39(29)10-14(31)8-29/h4-5,13-14H,3,6-8,10-12,35H2,1-2H3/t13-,14+,29-/m0/s1. The second-order valence-electron chi connectivity index (χ2n) is 11.3. The number of aromatic nitrogens is 2. The summed E-state index contributed by atoms with van der Waals surface area (Å²) in [6, 6.07) is 4.36. The van der Waals surface area contributed by atoms with Gasteiger partial charge in [0.15, 0.2) is 11.6 Å². The van der Waals surface area contributed by atoms with Crippen LogP contribution in [-0.2, 0) is 0 Å². The maximum atomic E-state index is 16.8. The highest BCUT2D eigenvalue weighted by atomic mass is 35.5. The average molecular weight is 615 g/mol. The number of nitrogens with two attached hydrogens (primary N) is 1. The Labute approximate surface area is 248 Å². The van der Waals surface area contributed by atoms with Gasteiger partial charge in [0.1, 0.15) is 47.6 Å². The quantitative estimate of drug-likeness (QED) is 0.296. The number of nitrogen functional groups attached to an aromatic ring is 1. The third kappa shape index (κ3) is 3.90. The van der Waals surface area contributed by atoms with Gasteiger partial charge in [-0.05, 0) is 37.9 Å². The van der Waals surface area contributed by atoms with E-state index in [1.165, 1.54) is 12.1 Å². The van der Waals surface area contributed by atoms with Gasteiger partial charge in [-0.1, -0.05) is 17.7 Å². The van der Waals surface area contributed by atoms with Crippen LogP contribution in [0, 0.1) is 23.0 Å². The first-order chi connectivity index (χ1) is 20.1. The van der Waals surface area contributed by atoms with Gasteiger partial charge in [-0.2, -0.15) is 15.2 Å². The van der Waals surface area contributed by atoms with Crippen molar-refractivity contribution in [3.8, 4) is 29.0 Å². The van der Waals surface area contributed by atoms with Crippen LogP contribution >= 0.6 is 22.9 Å². The number of rotatable bonds is 4. The molecule has 2 aromatic heterocycles. The lowest BCUT2D eigenvalue weighted by Crippen LogP contribution is -2.43. The smallest absolute Gasteiger partial charge is 0.319 e. The molecule has 2 N–H and O–H groups in total. The molecule has 0 amide bonds. The van der Waals surface area contributed by atoms with Crippen LogP contribution in [0.25, 0.3) is 32.1 Å². The van der Waals surface area contributed by atoms with Gasteiger partial charge < -0.3 is 20.1 Å². The Morgan fingerprint density at radius 1 is 1.31 bits per heavy atom. The fourth-order valence-electron chi connectivity index (χ4n) is 6.61. The predicted octanol–water partition coefficient (Wildman–Crippen LogP) is 6.07. The van der Waals surface area contributed by atoms with E-state index in [9.17, 15) is 14.0 Å². The largest absolute Gasteiger partial charge is 0.489 e. The lowest BCUT2D eigenvalue weighted by atomic mass is 9.95. The lowest BCUT2D eigenvalue weighted by molar-refractivity contribution is 0.107. The third-order valence-corrected chi connectivity index (χ3v) is 10.2. The first-order valence-corrected chi connectivity index (χ1v) is 14.8. The van der Waals surface area contributed by atoms with E-state index in [0.29, 0.717) is 18.8 Å². The zero-order valence-electron chi connectivity index (χ0n) is 22.8. The van der Waals surface area contributed by atoms with E-state index in [-0.39, 0.29) is 78.7 Å². The summed E-state index contributed by atoms with van der Waals surface area (Å²) in [4.78, 5) is 13.1. The average Bonchev–Trinajstić information content (AvgIpc) is 3.58. The van der Waals surface area contributed by atoms with Gasteiger partial charge in [0, 0.05) is 31.0 Å². The van der Waals surface area contributed by atoms with Crippen LogP contribution in [0.1, 0.15) is 31.7 Å². The number of halogens is 4. The van der Waals surface area contributed by atoms with Crippen molar-refractivity contribution in [2.24, 2.45) is 0 Å². The zero-order valence-corrected chi connectivity index (χ0v) is 24.4.